The Kier molecular flexibility index (Phi) is 7.15. The van der Waals surface area contributed by atoms with Crippen LogP contribution >= 0.6 is 0 Å². The van der Waals surface area contributed by atoms with Crippen molar-refractivity contribution in [3.05, 3.63) is 58.7 Å². The Balaban J connectivity index is 1.82. The van der Waals surface area contributed by atoms with Gasteiger partial charge in [-0.2, -0.15) is 13.9 Å². The van der Waals surface area contributed by atoms with Crippen molar-refractivity contribution in [2.45, 2.75) is 13.5 Å². The van der Waals surface area contributed by atoms with E-state index in [1.165, 1.54) is 10.9 Å². The normalized spacial score (nSPS) is 10.9. The molecule has 3 aromatic heterocycles. The molecule has 0 aromatic carbocycles. The van der Waals surface area contributed by atoms with Gasteiger partial charge in [0.15, 0.2) is 0 Å². The molecule has 0 amide bonds. The highest BCUT2D eigenvalue weighted by Gasteiger charge is 2.14. The fourth-order valence-corrected chi connectivity index (χ4v) is 2.78. The van der Waals surface area contributed by atoms with Crippen molar-refractivity contribution in [2.75, 3.05) is 32.1 Å². The van der Waals surface area contributed by atoms with Gasteiger partial charge < -0.3 is 15.8 Å². The van der Waals surface area contributed by atoms with E-state index in [-0.39, 0.29) is 18.7 Å². The average Bonchev–Trinajstić information content (AvgIpc) is 3.12. The smallest absolute Gasteiger partial charge is 0.351 e. The summed E-state index contributed by atoms with van der Waals surface area (Å²) in [5, 5.41) is 6.92. The minimum atomic E-state index is -1.91. The van der Waals surface area contributed by atoms with E-state index < -0.39 is 11.8 Å². The number of methoxy groups -OCH3 is 1. The SMILES string of the molecule is COCCNc1ncc(-c2cnc(-n3cnn(CC(CN)=C(F)F)c3=O)c(C)c2)cn1. The van der Waals surface area contributed by atoms with Crippen LogP contribution in [0.5, 0.6) is 0 Å². The Morgan fingerprint density at radius 1 is 1.19 bits per heavy atom. The minimum Gasteiger partial charge on any atom is -0.383 e. The van der Waals surface area contributed by atoms with E-state index in [0.29, 0.717) is 30.5 Å². The molecule has 0 aliphatic carbocycles. The number of aryl methyl sites for hydroxylation is 1. The second kappa shape index (κ2) is 10.00. The van der Waals surface area contributed by atoms with E-state index in [1.54, 1.807) is 32.6 Å². The predicted octanol–water partition coefficient (Wildman–Crippen LogP) is 1.36. The maximum atomic E-state index is 12.8. The van der Waals surface area contributed by atoms with Gasteiger partial charge in [-0.3, -0.25) is 0 Å². The molecule has 0 saturated carbocycles. The lowest BCUT2D eigenvalue weighted by Crippen LogP contribution is -2.27. The van der Waals surface area contributed by atoms with Gasteiger partial charge in [-0.25, -0.2) is 29.0 Å². The van der Waals surface area contributed by atoms with E-state index in [4.69, 9.17) is 10.5 Å². The number of aromatic nitrogens is 6. The van der Waals surface area contributed by atoms with Gasteiger partial charge in [0.1, 0.15) is 12.1 Å². The molecule has 3 rings (SSSR count). The molecule has 3 heterocycles. The second-order valence-corrected chi connectivity index (χ2v) is 6.59. The van der Waals surface area contributed by atoms with Crippen LogP contribution < -0.4 is 16.7 Å². The van der Waals surface area contributed by atoms with Crippen molar-refractivity contribution in [1.29, 1.82) is 0 Å². The standard InChI is InChI=1S/C19H22F2N8O2/c1-12-5-13(15-8-25-18(26-9-15)23-3-4-31-2)7-24-17(12)28-11-27-29(19(28)30)10-14(6-22)16(20)21/h5,7-9,11H,3-4,6,10,22H2,1-2H3,(H,23,25,26). The Bertz CT molecular complexity index is 1120. The highest BCUT2D eigenvalue weighted by molar-refractivity contribution is 5.63. The van der Waals surface area contributed by atoms with Gasteiger partial charge in [0.2, 0.25) is 5.95 Å². The number of rotatable bonds is 9. The van der Waals surface area contributed by atoms with Crippen molar-refractivity contribution in [3.63, 3.8) is 0 Å². The van der Waals surface area contributed by atoms with Crippen LogP contribution in [0.15, 0.2) is 47.4 Å². The molecule has 0 saturated heterocycles. The molecule has 31 heavy (non-hydrogen) atoms. The lowest BCUT2D eigenvalue weighted by Gasteiger charge is -2.08. The zero-order chi connectivity index (χ0) is 22.4. The van der Waals surface area contributed by atoms with Crippen LogP contribution in [0.2, 0.25) is 0 Å². The Hall–Kier alpha value is -3.51. The van der Waals surface area contributed by atoms with Crippen molar-refractivity contribution in [3.8, 4) is 16.9 Å². The summed E-state index contributed by atoms with van der Waals surface area (Å²) in [5.74, 6) is 0.828. The molecule has 12 heteroatoms. The van der Waals surface area contributed by atoms with Gasteiger partial charge in [0, 0.05) is 55.5 Å². The van der Waals surface area contributed by atoms with E-state index in [1.807, 2.05) is 6.07 Å². The fraction of sp³-hybridized carbons (Fsp3) is 0.316. The van der Waals surface area contributed by atoms with Gasteiger partial charge in [-0.05, 0) is 18.6 Å². The van der Waals surface area contributed by atoms with Crippen LogP contribution in [0, 0.1) is 6.92 Å². The van der Waals surface area contributed by atoms with Gasteiger partial charge >= 0.3 is 5.69 Å². The third-order valence-corrected chi connectivity index (χ3v) is 4.44. The summed E-state index contributed by atoms with van der Waals surface area (Å²) >= 11 is 0. The quantitative estimate of drug-likeness (QED) is 0.486. The molecular weight excluding hydrogens is 410 g/mol. The van der Waals surface area contributed by atoms with E-state index in [0.717, 1.165) is 15.8 Å². The van der Waals surface area contributed by atoms with Gasteiger partial charge in [0.05, 0.1) is 13.2 Å². The number of halogens is 2. The summed E-state index contributed by atoms with van der Waals surface area (Å²) in [6.07, 6.45) is 4.23. The number of nitrogens with zero attached hydrogens (tertiary/aromatic N) is 6. The lowest BCUT2D eigenvalue weighted by molar-refractivity contribution is 0.210. The molecule has 0 fully saturated rings. The third kappa shape index (κ3) is 5.16. The molecule has 10 nitrogen and oxygen atoms in total. The molecule has 0 unspecified atom stereocenters. The lowest BCUT2D eigenvalue weighted by atomic mass is 10.1. The number of anilines is 1. The molecule has 3 N–H and O–H groups in total. The largest absolute Gasteiger partial charge is 0.383 e. The van der Waals surface area contributed by atoms with Crippen LogP contribution in [0.25, 0.3) is 16.9 Å². The summed E-state index contributed by atoms with van der Waals surface area (Å²) in [6.45, 7) is 2.16. The van der Waals surface area contributed by atoms with Gasteiger partial charge in [-0.1, -0.05) is 0 Å². The molecule has 0 atom stereocenters. The number of hydrogen-bond donors (Lipinski definition) is 2. The first-order valence-corrected chi connectivity index (χ1v) is 9.34. The Morgan fingerprint density at radius 2 is 1.90 bits per heavy atom. The molecule has 164 valence electrons. The van der Waals surface area contributed by atoms with Crippen LogP contribution in [-0.2, 0) is 11.3 Å². The number of nitrogens with one attached hydrogen (secondary N) is 1. The fourth-order valence-electron chi connectivity index (χ4n) is 2.78. The zero-order valence-electron chi connectivity index (χ0n) is 17.0. The molecular formula is C19H22F2N8O2. The first-order valence-electron chi connectivity index (χ1n) is 9.34. The summed E-state index contributed by atoms with van der Waals surface area (Å²) in [6, 6.07) is 1.83. The molecule has 0 bridgehead atoms. The first kappa shape index (κ1) is 22.2. The maximum absolute atomic E-state index is 12.8. The number of ether oxygens (including phenoxy) is 1. The first-order chi connectivity index (χ1) is 14.9. The van der Waals surface area contributed by atoms with E-state index in [9.17, 15) is 13.6 Å². The highest BCUT2D eigenvalue weighted by Crippen LogP contribution is 2.21. The number of hydrogen-bond acceptors (Lipinski definition) is 8. The summed E-state index contributed by atoms with van der Waals surface area (Å²) in [5.41, 5.74) is 6.56. The monoisotopic (exact) mass is 432 g/mol. The van der Waals surface area contributed by atoms with Crippen molar-refractivity contribution >= 4 is 5.95 Å². The van der Waals surface area contributed by atoms with Crippen LogP contribution in [0.4, 0.5) is 14.7 Å². The summed E-state index contributed by atoms with van der Waals surface area (Å²) in [4.78, 5) is 25.4. The van der Waals surface area contributed by atoms with Crippen molar-refractivity contribution in [2.24, 2.45) is 5.73 Å². The zero-order valence-corrected chi connectivity index (χ0v) is 17.0. The van der Waals surface area contributed by atoms with Crippen LogP contribution in [-0.4, -0.2) is 56.1 Å². The van der Waals surface area contributed by atoms with Gasteiger partial charge in [-0.15, -0.1) is 0 Å². The van der Waals surface area contributed by atoms with Crippen LogP contribution in [0.1, 0.15) is 5.56 Å². The molecule has 0 spiro atoms. The van der Waals surface area contributed by atoms with E-state index >= 15 is 0 Å². The molecule has 0 aliphatic heterocycles. The number of nitrogens with two attached hydrogens (primary N) is 1. The average molecular weight is 432 g/mol. The second-order valence-electron chi connectivity index (χ2n) is 6.59. The third-order valence-electron chi connectivity index (χ3n) is 4.44. The van der Waals surface area contributed by atoms with Crippen LogP contribution in [0.3, 0.4) is 0 Å². The maximum Gasteiger partial charge on any atom is 0.351 e. The molecule has 0 aliphatic rings. The summed E-state index contributed by atoms with van der Waals surface area (Å²) in [7, 11) is 1.61. The Morgan fingerprint density at radius 3 is 2.52 bits per heavy atom. The molecule has 3 aromatic rings. The Labute approximate surface area is 176 Å². The highest BCUT2D eigenvalue weighted by atomic mass is 19.3. The van der Waals surface area contributed by atoms with Crippen molar-refractivity contribution in [1.82, 2.24) is 29.3 Å². The predicted molar refractivity (Wildman–Crippen MR) is 110 cm³/mol. The summed E-state index contributed by atoms with van der Waals surface area (Å²) < 4.78 is 32.8. The number of pyridine rings is 1. The van der Waals surface area contributed by atoms with Gasteiger partial charge in [0.25, 0.3) is 6.08 Å². The molecule has 0 radical (unpaired) electrons. The van der Waals surface area contributed by atoms with E-state index in [2.05, 4.69) is 25.4 Å². The van der Waals surface area contributed by atoms with Crippen molar-refractivity contribution < 1.29 is 13.5 Å². The minimum absolute atomic E-state index is 0.345. The topological polar surface area (TPSA) is 126 Å².